The monoisotopic (exact) mass is 179 g/mol. The lowest BCUT2D eigenvalue weighted by Gasteiger charge is -1.98. The summed E-state index contributed by atoms with van der Waals surface area (Å²) in [7, 11) is 1.28. The van der Waals surface area contributed by atoms with E-state index in [1.165, 1.54) is 13.3 Å². The molecule has 0 aliphatic heterocycles. The maximum absolute atomic E-state index is 11.2. The van der Waals surface area contributed by atoms with Gasteiger partial charge in [-0.2, -0.15) is 9.89 Å². The van der Waals surface area contributed by atoms with Crippen molar-refractivity contribution in [1.82, 2.24) is 9.89 Å². The number of methoxy groups -OCH3 is 1. The predicted octanol–water partition coefficient (Wildman–Crippen LogP) is -0.245. The van der Waals surface area contributed by atoms with E-state index in [1.54, 1.807) is 6.92 Å². The first kappa shape index (κ1) is 9.13. The third-order valence-electron chi connectivity index (χ3n) is 1.43. The topological polar surface area (TPSA) is 70.1 Å². The van der Waals surface area contributed by atoms with E-state index in [0.29, 0.717) is 5.56 Å². The van der Waals surface area contributed by atoms with E-state index < -0.39 is 5.97 Å². The smallest absolute Gasteiger partial charge is 0.359 e. The Morgan fingerprint density at radius 3 is 3.00 bits per heavy atom. The number of aromatic nitrogens is 2. The number of nitrogens with zero attached hydrogens (tertiary/aromatic N) is 2. The van der Waals surface area contributed by atoms with Gasteiger partial charge in [0, 0.05) is 0 Å². The largest absolute Gasteiger partial charge is 0.464 e. The molecule has 0 saturated carbocycles. The third-order valence-corrected chi connectivity index (χ3v) is 1.43. The molecule has 1 heterocycles. The first-order valence-corrected chi connectivity index (χ1v) is 3.55. The highest BCUT2D eigenvalue weighted by atomic mass is 16.5. The maximum atomic E-state index is 11.2. The standard InChI is InChI=1S/C8H9N3O2/c1-3-4-6-5-10-11(9)7(6)8(12)13-2/h5H,9H2,1-2H3. The predicted molar refractivity (Wildman–Crippen MR) is 46.3 cm³/mol. The van der Waals surface area contributed by atoms with Crippen molar-refractivity contribution in [3.05, 3.63) is 17.5 Å². The van der Waals surface area contributed by atoms with E-state index in [9.17, 15) is 4.79 Å². The van der Waals surface area contributed by atoms with Crippen molar-refractivity contribution in [3.8, 4) is 11.8 Å². The van der Waals surface area contributed by atoms with E-state index in [2.05, 4.69) is 21.7 Å². The Morgan fingerprint density at radius 2 is 2.46 bits per heavy atom. The van der Waals surface area contributed by atoms with Gasteiger partial charge in [-0.3, -0.25) is 0 Å². The van der Waals surface area contributed by atoms with E-state index in [4.69, 9.17) is 5.84 Å². The summed E-state index contributed by atoms with van der Waals surface area (Å²) in [5.41, 5.74) is 0.633. The Hall–Kier alpha value is -1.96. The maximum Gasteiger partial charge on any atom is 0.359 e. The number of hydrogen-bond acceptors (Lipinski definition) is 4. The van der Waals surface area contributed by atoms with Gasteiger partial charge in [-0.1, -0.05) is 5.92 Å². The third kappa shape index (κ3) is 1.62. The molecule has 0 aliphatic rings. The van der Waals surface area contributed by atoms with Gasteiger partial charge in [-0.15, -0.1) is 5.92 Å². The normalized spacial score (nSPS) is 8.77. The number of esters is 1. The molecule has 0 saturated heterocycles. The lowest BCUT2D eigenvalue weighted by atomic mass is 10.2. The van der Waals surface area contributed by atoms with Gasteiger partial charge >= 0.3 is 5.97 Å². The van der Waals surface area contributed by atoms with Crippen LogP contribution in [0, 0.1) is 11.8 Å². The van der Waals surface area contributed by atoms with Crippen molar-refractivity contribution in [1.29, 1.82) is 0 Å². The molecule has 0 aromatic carbocycles. The van der Waals surface area contributed by atoms with Crippen LogP contribution in [0.3, 0.4) is 0 Å². The highest BCUT2D eigenvalue weighted by Gasteiger charge is 2.16. The molecule has 0 aliphatic carbocycles. The molecule has 13 heavy (non-hydrogen) atoms. The van der Waals surface area contributed by atoms with Crippen LogP contribution in [0.15, 0.2) is 6.20 Å². The van der Waals surface area contributed by atoms with E-state index in [0.717, 1.165) is 4.79 Å². The van der Waals surface area contributed by atoms with Gasteiger partial charge < -0.3 is 10.6 Å². The molecule has 1 aromatic heterocycles. The number of carbonyl (C=O) groups excluding carboxylic acids is 1. The molecule has 0 spiro atoms. The zero-order chi connectivity index (χ0) is 9.84. The quantitative estimate of drug-likeness (QED) is 0.367. The SMILES string of the molecule is CC#Cc1cnn(N)c1C(=O)OC. The van der Waals surface area contributed by atoms with Crippen LogP contribution in [0.2, 0.25) is 0 Å². The van der Waals surface area contributed by atoms with Crippen molar-refractivity contribution in [2.75, 3.05) is 13.0 Å². The van der Waals surface area contributed by atoms with Gasteiger partial charge in [0.25, 0.3) is 0 Å². The van der Waals surface area contributed by atoms with Gasteiger partial charge in [-0.25, -0.2) is 4.79 Å². The minimum Gasteiger partial charge on any atom is -0.464 e. The molecule has 0 fully saturated rings. The molecular formula is C8H9N3O2. The highest BCUT2D eigenvalue weighted by Crippen LogP contribution is 2.05. The highest BCUT2D eigenvalue weighted by molar-refractivity contribution is 5.90. The van der Waals surface area contributed by atoms with Crippen LogP contribution in [0.25, 0.3) is 0 Å². The Kier molecular flexibility index (Phi) is 2.55. The first-order valence-electron chi connectivity index (χ1n) is 3.55. The minimum absolute atomic E-state index is 0.164. The van der Waals surface area contributed by atoms with E-state index >= 15 is 0 Å². The average molecular weight is 179 g/mol. The van der Waals surface area contributed by atoms with Crippen molar-refractivity contribution in [2.24, 2.45) is 0 Å². The van der Waals surface area contributed by atoms with Crippen LogP contribution < -0.4 is 5.84 Å². The van der Waals surface area contributed by atoms with Crippen LogP contribution in [0.1, 0.15) is 23.0 Å². The summed E-state index contributed by atoms with van der Waals surface area (Å²) in [5, 5.41) is 3.70. The van der Waals surface area contributed by atoms with E-state index in [1.807, 2.05) is 0 Å². The van der Waals surface area contributed by atoms with Gasteiger partial charge in [0.1, 0.15) is 0 Å². The summed E-state index contributed by atoms with van der Waals surface area (Å²) in [5.74, 6) is 10.2. The zero-order valence-electron chi connectivity index (χ0n) is 7.37. The Labute approximate surface area is 75.4 Å². The second kappa shape index (κ2) is 3.63. The van der Waals surface area contributed by atoms with Gasteiger partial charge in [0.05, 0.1) is 18.9 Å². The summed E-state index contributed by atoms with van der Waals surface area (Å²) in [4.78, 5) is 12.1. The summed E-state index contributed by atoms with van der Waals surface area (Å²) >= 11 is 0. The lowest BCUT2D eigenvalue weighted by molar-refractivity contribution is 0.0589. The fourth-order valence-electron chi connectivity index (χ4n) is 0.889. The average Bonchev–Trinajstić information content (AvgIpc) is 2.47. The number of carbonyl (C=O) groups is 1. The number of nitrogen functional groups attached to an aromatic ring is 1. The molecule has 0 amide bonds. The molecule has 2 N–H and O–H groups in total. The second-order valence-corrected chi connectivity index (χ2v) is 2.22. The molecule has 0 atom stereocenters. The van der Waals surface area contributed by atoms with Crippen molar-refractivity contribution in [3.63, 3.8) is 0 Å². The Balaban J connectivity index is 3.21. The molecule has 5 heteroatoms. The Bertz CT molecular complexity index is 384. The van der Waals surface area contributed by atoms with Crippen molar-refractivity contribution in [2.45, 2.75) is 6.92 Å². The molecule has 0 unspecified atom stereocenters. The lowest BCUT2D eigenvalue weighted by Crippen LogP contribution is -2.19. The number of ether oxygens (including phenoxy) is 1. The minimum atomic E-state index is -0.544. The van der Waals surface area contributed by atoms with Crippen LogP contribution in [-0.4, -0.2) is 23.0 Å². The fraction of sp³-hybridized carbons (Fsp3) is 0.250. The van der Waals surface area contributed by atoms with Crippen LogP contribution in [-0.2, 0) is 4.74 Å². The molecule has 5 nitrogen and oxygen atoms in total. The molecule has 1 aromatic rings. The molecule has 1 rings (SSSR count). The zero-order valence-corrected chi connectivity index (χ0v) is 7.37. The second-order valence-electron chi connectivity index (χ2n) is 2.22. The molecule has 68 valence electrons. The molecular weight excluding hydrogens is 170 g/mol. The summed E-state index contributed by atoms with van der Waals surface area (Å²) in [6.45, 7) is 1.66. The number of nitrogens with two attached hydrogens (primary N) is 1. The van der Waals surface area contributed by atoms with Crippen molar-refractivity contribution < 1.29 is 9.53 Å². The number of hydrogen-bond donors (Lipinski definition) is 1. The summed E-state index contributed by atoms with van der Waals surface area (Å²) in [6, 6.07) is 0. The molecule has 0 bridgehead atoms. The van der Waals surface area contributed by atoms with Gasteiger partial charge in [0.15, 0.2) is 5.69 Å². The summed E-state index contributed by atoms with van der Waals surface area (Å²) in [6.07, 6.45) is 1.42. The van der Waals surface area contributed by atoms with Gasteiger partial charge in [0.2, 0.25) is 0 Å². The van der Waals surface area contributed by atoms with E-state index in [-0.39, 0.29) is 5.69 Å². The van der Waals surface area contributed by atoms with Gasteiger partial charge in [-0.05, 0) is 6.92 Å². The Morgan fingerprint density at radius 1 is 1.77 bits per heavy atom. The van der Waals surface area contributed by atoms with Crippen LogP contribution >= 0.6 is 0 Å². The van der Waals surface area contributed by atoms with Crippen LogP contribution in [0.5, 0.6) is 0 Å². The van der Waals surface area contributed by atoms with Crippen molar-refractivity contribution >= 4 is 5.97 Å². The first-order chi connectivity index (χ1) is 6.20. The molecule has 0 radical (unpaired) electrons. The fourth-order valence-corrected chi connectivity index (χ4v) is 0.889. The van der Waals surface area contributed by atoms with Crippen LogP contribution in [0.4, 0.5) is 0 Å². The number of rotatable bonds is 1. The summed E-state index contributed by atoms with van der Waals surface area (Å²) < 4.78 is 4.51.